The third kappa shape index (κ3) is 3.32. The normalized spacial score (nSPS) is 23.8. The van der Waals surface area contributed by atoms with E-state index < -0.39 is 0 Å². The molecule has 1 aliphatic carbocycles. The van der Waals surface area contributed by atoms with Crippen LogP contribution in [0.1, 0.15) is 31.4 Å². The third-order valence-corrected chi connectivity index (χ3v) is 3.80. The number of nitrogens with zero attached hydrogens (tertiary/aromatic N) is 1. The van der Waals surface area contributed by atoms with Gasteiger partial charge in [0.15, 0.2) is 0 Å². The monoisotopic (exact) mass is 250 g/mol. The molecule has 5 nitrogen and oxygen atoms in total. The first-order chi connectivity index (χ1) is 8.81. The van der Waals surface area contributed by atoms with Crippen molar-refractivity contribution in [3.05, 3.63) is 18.2 Å². The van der Waals surface area contributed by atoms with Crippen molar-refractivity contribution >= 4 is 5.91 Å². The van der Waals surface area contributed by atoms with Gasteiger partial charge < -0.3 is 16.0 Å². The number of nitrogens with one attached hydrogen (secondary N) is 2. The lowest BCUT2D eigenvalue weighted by molar-refractivity contribution is -0.127. The molecule has 5 heteroatoms. The highest BCUT2D eigenvalue weighted by atomic mass is 16.1. The lowest BCUT2D eigenvalue weighted by Gasteiger charge is -2.29. The molecule has 0 saturated heterocycles. The number of rotatable bonds is 5. The van der Waals surface area contributed by atoms with Crippen molar-refractivity contribution in [3.63, 3.8) is 0 Å². The van der Waals surface area contributed by atoms with E-state index in [2.05, 4.69) is 15.3 Å². The first-order valence-corrected chi connectivity index (χ1v) is 6.76. The molecule has 0 bridgehead atoms. The van der Waals surface area contributed by atoms with Crippen LogP contribution < -0.4 is 11.1 Å². The lowest BCUT2D eigenvalue weighted by atomic mass is 9.79. The van der Waals surface area contributed by atoms with E-state index in [1.54, 1.807) is 12.5 Å². The highest BCUT2D eigenvalue weighted by Crippen LogP contribution is 2.29. The second kappa shape index (κ2) is 6.54. The number of aromatic amines is 1. The molecule has 4 N–H and O–H groups in total. The van der Waals surface area contributed by atoms with Gasteiger partial charge >= 0.3 is 0 Å². The minimum Gasteiger partial charge on any atom is -0.355 e. The van der Waals surface area contributed by atoms with Crippen LogP contribution in [0.5, 0.6) is 0 Å². The number of carbonyl (C=O) groups excluding carboxylic acids is 1. The van der Waals surface area contributed by atoms with Crippen LogP contribution in [0, 0.1) is 11.8 Å². The predicted molar refractivity (Wildman–Crippen MR) is 69.8 cm³/mol. The van der Waals surface area contributed by atoms with Gasteiger partial charge in [0.2, 0.25) is 5.91 Å². The van der Waals surface area contributed by atoms with E-state index in [1.807, 2.05) is 0 Å². The zero-order valence-corrected chi connectivity index (χ0v) is 10.7. The van der Waals surface area contributed by atoms with Gasteiger partial charge in [0, 0.05) is 30.8 Å². The van der Waals surface area contributed by atoms with Crippen molar-refractivity contribution in [1.29, 1.82) is 0 Å². The Morgan fingerprint density at radius 1 is 1.50 bits per heavy atom. The van der Waals surface area contributed by atoms with Crippen molar-refractivity contribution in [2.24, 2.45) is 17.6 Å². The first-order valence-electron chi connectivity index (χ1n) is 6.76. The maximum absolute atomic E-state index is 12.1. The minimum absolute atomic E-state index is 0.116. The Morgan fingerprint density at radius 2 is 2.33 bits per heavy atom. The standard InChI is InChI=1S/C13H22N4O/c14-7-10-3-1-2-4-12(10)13(18)16-6-5-11-8-15-9-17-11/h8-10,12H,1-7,14H2,(H,15,17)(H,16,18). The zero-order valence-electron chi connectivity index (χ0n) is 10.7. The number of hydrogen-bond acceptors (Lipinski definition) is 3. The van der Waals surface area contributed by atoms with Gasteiger partial charge in [-0.05, 0) is 25.3 Å². The molecular weight excluding hydrogens is 228 g/mol. The second-order valence-electron chi connectivity index (χ2n) is 5.00. The maximum atomic E-state index is 12.1. The average molecular weight is 250 g/mol. The Hall–Kier alpha value is -1.36. The van der Waals surface area contributed by atoms with E-state index in [-0.39, 0.29) is 11.8 Å². The van der Waals surface area contributed by atoms with E-state index in [0.29, 0.717) is 19.0 Å². The maximum Gasteiger partial charge on any atom is 0.223 e. The van der Waals surface area contributed by atoms with Gasteiger partial charge in [-0.3, -0.25) is 4.79 Å². The van der Waals surface area contributed by atoms with Crippen molar-refractivity contribution in [2.75, 3.05) is 13.1 Å². The SMILES string of the molecule is NCC1CCCCC1C(=O)NCCc1cnc[nH]1. The summed E-state index contributed by atoms with van der Waals surface area (Å²) >= 11 is 0. The Balaban J connectivity index is 1.76. The van der Waals surface area contributed by atoms with E-state index in [4.69, 9.17) is 5.73 Å². The summed E-state index contributed by atoms with van der Waals surface area (Å²) in [6.45, 7) is 1.29. The summed E-state index contributed by atoms with van der Waals surface area (Å²) in [6, 6.07) is 0. The molecule has 1 heterocycles. The number of H-pyrrole nitrogens is 1. The van der Waals surface area contributed by atoms with E-state index in [0.717, 1.165) is 31.4 Å². The smallest absolute Gasteiger partial charge is 0.223 e. The summed E-state index contributed by atoms with van der Waals surface area (Å²) in [4.78, 5) is 19.1. The number of carbonyl (C=O) groups is 1. The Bertz CT molecular complexity index is 363. The molecular formula is C13H22N4O. The molecule has 1 saturated carbocycles. The van der Waals surface area contributed by atoms with Crippen LogP contribution in [0.15, 0.2) is 12.5 Å². The fourth-order valence-corrected chi connectivity index (χ4v) is 2.71. The van der Waals surface area contributed by atoms with E-state index in [1.165, 1.54) is 6.42 Å². The molecule has 18 heavy (non-hydrogen) atoms. The van der Waals surface area contributed by atoms with Gasteiger partial charge in [0.25, 0.3) is 0 Å². The average Bonchev–Trinajstić information content (AvgIpc) is 2.91. The van der Waals surface area contributed by atoms with Crippen LogP contribution in [0.4, 0.5) is 0 Å². The van der Waals surface area contributed by atoms with Gasteiger partial charge in [-0.25, -0.2) is 4.98 Å². The van der Waals surface area contributed by atoms with Crippen LogP contribution in [0.2, 0.25) is 0 Å². The van der Waals surface area contributed by atoms with Gasteiger partial charge in [-0.15, -0.1) is 0 Å². The van der Waals surface area contributed by atoms with Crippen molar-refractivity contribution in [2.45, 2.75) is 32.1 Å². The van der Waals surface area contributed by atoms with Crippen molar-refractivity contribution in [3.8, 4) is 0 Å². The van der Waals surface area contributed by atoms with Crippen LogP contribution in [0.25, 0.3) is 0 Å². The predicted octanol–water partition coefficient (Wildman–Crippen LogP) is 0.834. The Morgan fingerprint density at radius 3 is 3.06 bits per heavy atom. The molecule has 2 atom stereocenters. The molecule has 0 spiro atoms. The van der Waals surface area contributed by atoms with Crippen LogP contribution >= 0.6 is 0 Å². The van der Waals surface area contributed by atoms with Crippen LogP contribution in [-0.2, 0) is 11.2 Å². The molecule has 0 aliphatic heterocycles. The molecule has 1 fully saturated rings. The van der Waals surface area contributed by atoms with Gasteiger partial charge in [-0.2, -0.15) is 0 Å². The molecule has 1 aromatic rings. The largest absolute Gasteiger partial charge is 0.355 e. The summed E-state index contributed by atoms with van der Waals surface area (Å²) in [6.07, 6.45) is 8.67. The minimum atomic E-state index is 0.116. The fraction of sp³-hybridized carbons (Fsp3) is 0.692. The fourth-order valence-electron chi connectivity index (χ4n) is 2.71. The van der Waals surface area contributed by atoms with Gasteiger partial charge in [0.1, 0.15) is 0 Å². The highest BCUT2D eigenvalue weighted by molar-refractivity contribution is 5.79. The van der Waals surface area contributed by atoms with Crippen LogP contribution in [-0.4, -0.2) is 29.0 Å². The van der Waals surface area contributed by atoms with E-state index in [9.17, 15) is 4.79 Å². The molecule has 1 aliphatic rings. The second-order valence-corrected chi connectivity index (χ2v) is 5.00. The Labute approximate surface area is 108 Å². The summed E-state index contributed by atoms with van der Waals surface area (Å²) in [5.41, 5.74) is 6.79. The highest BCUT2D eigenvalue weighted by Gasteiger charge is 2.29. The molecule has 2 unspecified atom stereocenters. The van der Waals surface area contributed by atoms with Gasteiger partial charge in [-0.1, -0.05) is 12.8 Å². The number of hydrogen-bond donors (Lipinski definition) is 3. The number of nitrogens with two attached hydrogens (primary N) is 1. The molecule has 1 amide bonds. The zero-order chi connectivity index (χ0) is 12.8. The summed E-state index contributed by atoms with van der Waals surface area (Å²) in [5, 5.41) is 3.01. The van der Waals surface area contributed by atoms with Gasteiger partial charge in [0.05, 0.1) is 6.33 Å². The molecule has 100 valence electrons. The van der Waals surface area contributed by atoms with E-state index >= 15 is 0 Å². The summed E-state index contributed by atoms with van der Waals surface area (Å²) in [7, 11) is 0. The number of amides is 1. The number of aromatic nitrogens is 2. The topological polar surface area (TPSA) is 83.8 Å². The molecule has 2 rings (SSSR count). The third-order valence-electron chi connectivity index (χ3n) is 3.80. The van der Waals surface area contributed by atoms with Crippen LogP contribution in [0.3, 0.4) is 0 Å². The van der Waals surface area contributed by atoms with Crippen molar-refractivity contribution < 1.29 is 4.79 Å². The van der Waals surface area contributed by atoms with Crippen molar-refractivity contribution in [1.82, 2.24) is 15.3 Å². The molecule has 0 aromatic carbocycles. The number of imidazole rings is 1. The summed E-state index contributed by atoms with van der Waals surface area (Å²) < 4.78 is 0. The first kappa shape index (κ1) is 13.1. The Kier molecular flexibility index (Phi) is 4.75. The molecule has 0 radical (unpaired) electrons. The lowest BCUT2D eigenvalue weighted by Crippen LogP contribution is -2.40. The summed E-state index contributed by atoms with van der Waals surface area (Å²) in [5.74, 6) is 0.654. The quantitative estimate of drug-likeness (QED) is 0.724. The molecule has 1 aromatic heterocycles.